The standard InChI is InChI=1S/C10H9F3N2O2/c1-6(9(16)17)14-15-8-5-3-2-4-7(8)10(11,12)13/h2-5,15H,1H3,(H,16,17)/b14-6+. The summed E-state index contributed by atoms with van der Waals surface area (Å²) in [6.45, 7) is 1.17. The molecule has 0 atom stereocenters. The highest BCUT2D eigenvalue weighted by atomic mass is 19.4. The number of alkyl halides is 3. The Labute approximate surface area is 94.8 Å². The number of hydrogen-bond donors (Lipinski definition) is 2. The molecule has 0 aliphatic carbocycles. The number of para-hydroxylation sites is 1. The molecular formula is C10H9F3N2O2. The third kappa shape index (κ3) is 3.47. The summed E-state index contributed by atoms with van der Waals surface area (Å²) in [6.07, 6.45) is -4.52. The van der Waals surface area contributed by atoms with Crippen molar-refractivity contribution in [1.82, 2.24) is 0 Å². The minimum absolute atomic E-state index is 0.291. The summed E-state index contributed by atoms with van der Waals surface area (Å²) in [5.41, 5.74) is 0.564. The van der Waals surface area contributed by atoms with Crippen LogP contribution >= 0.6 is 0 Å². The molecule has 1 aromatic rings. The van der Waals surface area contributed by atoms with E-state index in [0.29, 0.717) is 0 Å². The number of nitrogens with zero attached hydrogens (tertiary/aromatic N) is 1. The van der Waals surface area contributed by atoms with Gasteiger partial charge in [0.2, 0.25) is 0 Å². The van der Waals surface area contributed by atoms with E-state index in [1.54, 1.807) is 0 Å². The van der Waals surface area contributed by atoms with E-state index in [1.165, 1.54) is 25.1 Å². The quantitative estimate of drug-likeness (QED) is 0.636. The van der Waals surface area contributed by atoms with Crippen LogP contribution in [-0.4, -0.2) is 16.8 Å². The molecule has 1 rings (SSSR count). The third-order valence-electron chi connectivity index (χ3n) is 1.89. The molecule has 0 aliphatic rings. The number of carboxylic acids is 1. The maximum absolute atomic E-state index is 12.5. The molecule has 0 bridgehead atoms. The fourth-order valence-corrected chi connectivity index (χ4v) is 1.02. The maximum atomic E-state index is 12.5. The van der Waals surface area contributed by atoms with Gasteiger partial charge in [-0.3, -0.25) is 5.43 Å². The Kier molecular flexibility index (Phi) is 3.72. The molecule has 1 aromatic carbocycles. The van der Waals surface area contributed by atoms with Gasteiger partial charge in [0, 0.05) is 0 Å². The molecule has 0 fully saturated rings. The van der Waals surface area contributed by atoms with Gasteiger partial charge in [0.1, 0.15) is 5.71 Å². The van der Waals surface area contributed by atoms with Crippen LogP contribution in [0.1, 0.15) is 12.5 Å². The molecule has 0 saturated heterocycles. The first-order valence-electron chi connectivity index (χ1n) is 4.52. The van der Waals surface area contributed by atoms with E-state index in [2.05, 4.69) is 10.5 Å². The number of carboxylic acid groups (broad SMARTS) is 1. The normalized spacial score (nSPS) is 12.4. The fourth-order valence-electron chi connectivity index (χ4n) is 1.02. The highest BCUT2D eigenvalue weighted by molar-refractivity contribution is 6.34. The van der Waals surface area contributed by atoms with E-state index in [1.807, 2.05) is 0 Å². The highest BCUT2D eigenvalue weighted by Crippen LogP contribution is 2.34. The first-order valence-corrected chi connectivity index (χ1v) is 4.52. The van der Waals surface area contributed by atoms with Crippen LogP contribution < -0.4 is 5.43 Å². The molecular weight excluding hydrogens is 237 g/mol. The molecule has 4 nitrogen and oxygen atoms in total. The minimum Gasteiger partial charge on any atom is -0.477 e. The van der Waals surface area contributed by atoms with E-state index in [0.717, 1.165) is 6.07 Å². The average Bonchev–Trinajstić information content (AvgIpc) is 2.24. The molecule has 0 spiro atoms. The van der Waals surface area contributed by atoms with E-state index in [9.17, 15) is 18.0 Å². The van der Waals surface area contributed by atoms with Crippen LogP contribution in [0.15, 0.2) is 29.4 Å². The summed E-state index contributed by atoms with van der Waals surface area (Å²) in [4.78, 5) is 10.4. The Bertz CT molecular complexity index is 455. The molecule has 0 aromatic heterocycles. The number of hydrogen-bond acceptors (Lipinski definition) is 3. The lowest BCUT2D eigenvalue weighted by Crippen LogP contribution is -2.12. The topological polar surface area (TPSA) is 61.7 Å². The summed E-state index contributed by atoms with van der Waals surface area (Å²) in [6, 6.07) is 4.68. The van der Waals surface area contributed by atoms with Crippen molar-refractivity contribution in [3.63, 3.8) is 0 Å². The Morgan fingerprint density at radius 3 is 2.47 bits per heavy atom. The smallest absolute Gasteiger partial charge is 0.418 e. The number of hydrazone groups is 1. The van der Waals surface area contributed by atoms with E-state index in [4.69, 9.17) is 5.11 Å². The Hall–Kier alpha value is -2.05. The van der Waals surface area contributed by atoms with Gasteiger partial charge in [-0.25, -0.2) is 4.79 Å². The molecule has 17 heavy (non-hydrogen) atoms. The van der Waals surface area contributed by atoms with Gasteiger partial charge in [-0.15, -0.1) is 0 Å². The van der Waals surface area contributed by atoms with Gasteiger partial charge in [-0.1, -0.05) is 12.1 Å². The van der Waals surface area contributed by atoms with Crippen molar-refractivity contribution in [2.24, 2.45) is 5.10 Å². The molecule has 0 aliphatic heterocycles. The van der Waals surface area contributed by atoms with E-state index >= 15 is 0 Å². The second kappa shape index (κ2) is 4.86. The van der Waals surface area contributed by atoms with Crippen LogP contribution in [0.2, 0.25) is 0 Å². The van der Waals surface area contributed by atoms with Gasteiger partial charge in [-0.2, -0.15) is 18.3 Å². The molecule has 7 heteroatoms. The SMILES string of the molecule is C/C(=N\Nc1ccccc1C(F)(F)F)C(=O)O. The summed E-state index contributed by atoms with van der Waals surface area (Å²) in [5, 5.41) is 11.8. The molecule has 0 unspecified atom stereocenters. The predicted octanol–water partition coefficient (Wildman–Crippen LogP) is 2.58. The number of carbonyl (C=O) groups is 1. The zero-order chi connectivity index (χ0) is 13.1. The van der Waals surface area contributed by atoms with E-state index < -0.39 is 17.7 Å². The molecule has 2 N–H and O–H groups in total. The Balaban J connectivity index is 3.00. The van der Waals surface area contributed by atoms with Crippen molar-refractivity contribution in [3.8, 4) is 0 Å². The van der Waals surface area contributed by atoms with Gasteiger partial charge in [0.05, 0.1) is 11.3 Å². The molecule has 92 valence electrons. The Morgan fingerprint density at radius 1 is 1.35 bits per heavy atom. The summed E-state index contributed by atoms with van der Waals surface area (Å²) in [7, 11) is 0. The maximum Gasteiger partial charge on any atom is 0.418 e. The molecule has 0 radical (unpaired) electrons. The molecule has 0 saturated carbocycles. The van der Waals surface area contributed by atoms with Crippen molar-refractivity contribution in [2.75, 3.05) is 5.43 Å². The summed E-state index contributed by atoms with van der Waals surface area (Å²) >= 11 is 0. The van der Waals surface area contributed by atoms with Crippen LogP contribution in [0.5, 0.6) is 0 Å². The largest absolute Gasteiger partial charge is 0.477 e. The third-order valence-corrected chi connectivity index (χ3v) is 1.89. The zero-order valence-electron chi connectivity index (χ0n) is 8.75. The van der Waals surface area contributed by atoms with Gasteiger partial charge < -0.3 is 5.11 Å². The predicted molar refractivity (Wildman–Crippen MR) is 55.8 cm³/mol. The van der Waals surface area contributed by atoms with Crippen molar-refractivity contribution >= 4 is 17.4 Å². The number of nitrogens with one attached hydrogen (secondary N) is 1. The number of rotatable bonds is 3. The van der Waals surface area contributed by atoms with Gasteiger partial charge in [0.15, 0.2) is 0 Å². The van der Waals surface area contributed by atoms with Gasteiger partial charge in [-0.05, 0) is 19.1 Å². The average molecular weight is 246 g/mol. The summed E-state index contributed by atoms with van der Waals surface area (Å²) in [5.74, 6) is -1.30. The van der Waals surface area contributed by atoms with Crippen LogP contribution in [0.3, 0.4) is 0 Å². The van der Waals surface area contributed by atoms with Crippen molar-refractivity contribution in [3.05, 3.63) is 29.8 Å². The lowest BCUT2D eigenvalue weighted by molar-refractivity contribution is -0.137. The number of halogens is 3. The number of anilines is 1. The minimum atomic E-state index is -4.52. The van der Waals surface area contributed by atoms with E-state index in [-0.39, 0.29) is 11.4 Å². The van der Waals surface area contributed by atoms with Gasteiger partial charge in [0.25, 0.3) is 0 Å². The van der Waals surface area contributed by atoms with Gasteiger partial charge >= 0.3 is 12.1 Å². The number of benzene rings is 1. The van der Waals surface area contributed by atoms with Crippen molar-refractivity contribution < 1.29 is 23.1 Å². The van der Waals surface area contributed by atoms with Crippen LogP contribution in [0.25, 0.3) is 0 Å². The first-order chi connectivity index (χ1) is 7.82. The monoisotopic (exact) mass is 246 g/mol. The van der Waals surface area contributed by atoms with Crippen LogP contribution in [0, 0.1) is 0 Å². The van der Waals surface area contributed by atoms with Crippen LogP contribution in [-0.2, 0) is 11.0 Å². The number of aliphatic carboxylic acids is 1. The summed E-state index contributed by atoms with van der Waals surface area (Å²) < 4.78 is 37.6. The zero-order valence-corrected chi connectivity index (χ0v) is 8.75. The molecule has 0 amide bonds. The van der Waals surface area contributed by atoms with Crippen molar-refractivity contribution in [2.45, 2.75) is 13.1 Å². The fraction of sp³-hybridized carbons (Fsp3) is 0.200. The van der Waals surface area contributed by atoms with Crippen LogP contribution in [0.4, 0.5) is 18.9 Å². The second-order valence-corrected chi connectivity index (χ2v) is 3.16. The second-order valence-electron chi connectivity index (χ2n) is 3.16. The lowest BCUT2D eigenvalue weighted by atomic mass is 10.2. The van der Waals surface area contributed by atoms with Crippen molar-refractivity contribution in [1.29, 1.82) is 0 Å². The lowest BCUT2D eigenvalue weighted by Gasteiger charge is -2.11. The molecule has 0 heterocycles. The Morgan fingerprint density at radius 2 is 1.94 bits per heavy atom. The highest BCUT2D eigenvalue weighted by Gasteiger charge is 2.33. The first kappa shape index (κ1) is 13.0.